The van der Waals surface area contributed by atoms with Crippen molar-refractivity contribution in [3.63, 3.8) is 0 Å². The predicted octanol–water partition coefficient (Wildman–Crippen LogP) is 0.317. The Morgan fingerprint density at radius 2 is 2.05 bits per heavy atom. The molecule has 116 valence electrons. The number of hydrogen-bond acceptors (Lipinski definition) is 4. The molecule has 1 saturated heterocycles. The predicted molar refractivity (Wildman–Crippen MR) is 74.3 cm³/mol. The van der Waals surface area contributed by atoms with Crippen LogP contribution in [0.1, 0.15) is 26.2 Å². The van der Waals surface area contributed by atoms with E-state index in [-0.39, 0.29) is 18.8 Å². The van der Waals surface area contributed by atoms with Crippen molar-refractivity contribution in [3.05, 3.63) is 0 Å². The van der Waals surface area contributed by atoms with Gasteiger partial charge in [0, 0.05) is 25.9 Å². The van der Waals surface area contributed by atoms with Gasteiger partial charge in [0.25, 0.3) is 0 Å². The third-order valence-electron chi connectivity index (χ3n) is 3.57. The molecule has 1 heterocycles. The van der Waals surface area contributed by atoms with E-state index in [0.29, 0.717) is 19.4 Å². The maximum Gasteiger partial charge on any atom is 0.317 e. The molecule has 0 bridgehead atoms. The average Bonchev–Trinajstić information content (AvgIpc) is 2.73. The van der Waals surface area contributed by atoms with Crippen molar-refractivity contribution in [2.24, 2.45) is 5.41 Å². The third kappa shape index (κ3) is 4.36. The van der Waals surface area contributed by atoms with E-state index in [4.69, 9.17) is 0 Å². The molecule has 0 spiro atoms. The molecule has 7 nitrogen and oxygen atoms in total. The second-order valence-corrected chi connectivity index (χ2v) is 7.63. The largest absolute Gasteiger partial charge is 0.481 e. The van der Waals surface area contributed by atoms with Crippen LogP contribution in [0.3, 0.4) is 0 Å². The van der Waals surface area contributed by atoms with Crippen molar-refractivity contribution in [1.29, 1.82) is 0 Å². The van der Waals surface area contributed by atoms with E-state index < -0.39 is 27.3 Å². The van der Waals surface area contributed by atoms with Crippen LogP contribution in [0, 0.1) is 5.41 Å². The van der Waals surface area contributed by atoms with E-state index >= 15 is 0 Å². The summed E-state index contributed by atoms with van der Waals surface area (Å²) in [5.41, 5.74) is -0.858. The molecule has 2 amide bonds. The number of amides is 2. The summed E-state index contributed by atoms with van der Waals surface area (Å²) < 4.78 is 21.9. The number of sulfone groups is 1. The van der Waals surface area contributed by atoms with Crippen LogP contribution < -0.4 is 5.32 Å². The van der Waals surface area contributed by atoms with Crippen LogP contribution >= 0.6 is 0 Å². The molecule has 0 aromatic heterocycles. The van der Waals surface area contributed by atoms with E-state index in [1.807, 2.05) is 6.92 Å². The first-order valence-electron chi connectivity index (χ1n) is 6.64. The fourth-order valence-corrected chi connectivity index (χ4v) is 2.94. The first-order chi connectivity index (χ1) is 9.20. The van der Waals surface area contributed by atoms with Gasteiger partial charge < -0.3 is 15.3 Å². The quantitative estimate of drug-likeness (QED) is 0.735. The van der Waals surface area contributed by atoms with Crippen molar-refractivity contribution in [2.45, 2.75) is 26.2 Å². The Labute approximate surface area is 119 Å². The highest BCUT2D eigenvalue weighted by molar-refractivity contribution is 7.90. The van der Waals surface area contributed by atoms with Gasteiger partial charge in [-0.05, 0) is 12.8 Å². The number of nitrogens with zero attached hydrogens (tertiary/aromatic N) is 1. The standard InChI is InChI=1S/C12H22N2O5S/c1-3-4-12(10(15)16)5-7-14(9-12)11(17)13-6-8-20(2,18)19/h3-9H2,1-2H3,(H,13,17)(H,15,16). The fourth-order valence-electron chi connectivity index (χ4n) is 2.47. The van der Waals surface area contributed by atoms with Crippen LogP contribution in [0.25, 0.3) is 0 Å². The number of hydrogen-bond donors (Lipinski definition) is 2. The lowest BCUT2D eigenvalue weighted by Crippen LogP contribution is -2.43. The lowest BCUT2D eigenvalue weighted by Gasteiger charge is -2.24. The molecule has 8 heteroatoms. The Hall–Kier alpha value is -1.31. The Kier molecular flexibility index (Phi) is 5.38. The molecular formula is C12H22N2O5S. The number of rotatable bonds is 6. The maximum absolute atomic E-state index is 11.9. The van der Waals surface area contributed by atoms with Crippen molar-refractivity contribution < 1.29 is 23.1 Å². The number of carboxylic acids is 1. The molecule has 1 fully saturated rings. The number of nitrogens with one attached hydrogen (secondary N) is 1. The van der Waals surface area contributed by atoms with Crippen molar-refractivity contribution >= 4 is 21.8 Å². The van der Waals surface area contributed by atoms with Gasteiger partial charge in [-0.2, -0.15) is 0 Å². The molecule has 0 saturated carbocycles. The molecule has 1 unspecified atom stereocenters. The van der Waals surface area contributed by atoms with E-state index in [1.165, 1.54) is 4.90 Å². The molecule has 0 aromatic rings. The van der Waals surface area contributed by atoms with Crippen molar-refractivity contribution in [1.82, 2.24) is 10.2 Å². The highest BCUT2D eigenvalue weighted by Crippen LogP contribution is 2.35. The van der Waals surface area contributed by atoms with Gasteiger partial charge in [-0.1, -0.05) is 13.3 Å². The minimum Gasteiger partial charge on any atom is -0.481 e. The zero-order valence-electron chi connectivity index (χ0n) is 11.9. The topological polar surface area (TPSA) is 104 Å². The number of urea groups is 1. The van der Waals surface area contributed by atoms with Gasteiger partial charge >= 0.3 is 12.0 Å². The lowest BCUT2D eigenvalue weighted by atomic mass is 9.83. The summed E-state index contributed by atoms with van der Waals surface area (Å²) in [5.74, 6) is -0.989. The SMILES string of the molecule is CCCC1(C(=O)O)CCN(C(=O)NCCS(C)(=O)=O)C1. The van der Waals surface area contributed by atoms with Crippen molar-refractivity contribution in [2.75, 3.05) is 31.6 Å². The summed E-state index contributed by atoms with van der Waals surface area (Å²) in [6.45, 7) is 2.53. The molecule has 20 heavy (non-hydrogen) atoms. The molecule has 0 aromatic carbocycles. The molecule has 1 aliphatic rings. The number of aliphatic carboxylic acids is 1. The third-order valence-corrected chi connectivity index (χ3v) is 4.52. The number of likely N-dealkylation sites (tertiary alicyclic amines) is 1. The fraction of sp³-hybridized carbons (Fsp3) is 0.833. The summed E-state index contributed by atoms with van der Waals surface area (Å²) in [5, 5.41) is 11.9. The Balaban J connectivity index is 2.54. The molecular weight excluding hydrogens is 284 g/mol. The van der Waals surface area contributed by atoms with Gasteiger partial charge in [0.2, 0.25) is 0 Å². The second kappa shape index (κ2) is 6.43. The molecule has 1 atom stereocenters. The van der Waals surface area contributed by atoms with Crippen LogP contribution in [-0.4, -0.2) is 62.1 Å². The lowest BCUT2D eigenvalue weighted by molar-refractivity contribution is -0.148. The summed E-state index contributed by atoms with van der Waals surface area (Å²) in [7, 11) is -3.12. The summed E-state index contributed by atoms with van der Waals surface area (Å²) in [6.07, 6.45) is 2.83. The Morgan fingerprint density at radius 1 is 1.40 bits per heavy atom. The van der Waals surface area contributed by atoms with Gasteiger partial charge in [-0.25, -0.2) is 13.2 Å². The maximum atomic E-state index is 11.9. The average molecular weight is 306 g/mol. The number of carbonyl (C=O) groups is 2. The molecule has 0 radical (unpaired) electrons. The molecule has 1 rings (SSSR count). The van der Waals surface area contributed by atoms with Gasteiger partial charge in [0.15, 0.2) is 0 Å². The minimum atomic E-state index is -3.12. The highest BCUT2D eigenvalue weighted by atomic mass is 32.2. The van der Waals surface area contributed by atoms with Crippen molar-refractivity contribution in [3.8, 4) is 0 Å². The molecule has 0 aliphatic carbocycles. The first-order valence-corrected chi connectivity index (χ1v) is 8.70. The van der Waals surface area contributed by atoms with Crippen LogP contribution in [0.5, 0.6) is 0 Å². The number of carboxylic acid groups (broad SMARTS) is 1. The minimum absolute atomic E-state index is 0.0437. The van der Waals surface area contributed by atoms with Gasteiger partial charge in [0.1, 0.15) is 9.84 Å². The van der Waals surface area contributed by atoms with Gasteiger partial charge in [-0.15, -0.1) is 0 Å². The van der Waals surface area contributed by atoms with Gasteiger partial charge in [0.05, 0.1) is 11.2 Å². The zero-order valence-corrected chi connectivity index (χ0v) is 12.7. The smallest absolute Gasteiger partial charge is 0.317 e. The Morgan fingerprint density at radius 3 is 2.55 bits per heavy atom. The van der Waals surface area contributed by atoms with Gasteiger partial charge in [-0.3, -0.25) is 4.79 Å². The summed E-state index contributed by atoms with van der Waals surface area (Å²) in [4.78, 5) is 24.7. The summed E-state index contributed by atoms with van der Waals surface area (Å²) in [6, 6.07) is -0.395. The Bertz CT molecular complexity index is 476. The van der Waals surface area contributed by atoms with E-state index in [1.54, 1.807) is 0 Å². The van der Waals surface area contributed by atoms with E-state index in [2.05, 4.69) is 5.32 Å². The van der Waals surface area contributed by atoms with E-state index in [0.717, 1.165) is 12.7 Å². The second-order valence-electron chi connectivity index (χ2n) is 5.37. The molecule has 2 N–H and O–H groups in total. The molecule has 1 aliphatic heterocycles. The van der Waals surface area contributed by atoms with Crippen LogP contribution in [0.4, 0.5) is 4.79 Å². The normalized spacial score (nSPS) is 22.8. The monoisotopic (exact) mass is 306 g/mol. The van der Waals surface area contributed by atoms with Crippen LogP contribution in [0.15, 0.2) is 0 Å². The van der Waals surface area contributed by atoms with Crippen LogP contribution in [-0.2, 0) is 14.6 Å². The van der Waals surface area contributed by atoms with E-state index in [9.17, 15) is 23.1 Å². The summed E-state index contributed by atoms with van der Waals surface area (Å²) >= 11 is 0. The highest BCUT2D eigenvalue weighted by Gasteiger charge is 2.45. The number of carbonyl (C=O) groups excluding carboxylic acids is 1. The first kappa shape index (κ1) is 16.7. The zero-order chi connectivity index (χ0) is 15.4. The van der Waals surface area contributed by atoms with Crippen LogP contribution in [0.2, 0.25) is 0 Å².